The van der Waals surface area contributed by atoms with Crippen molar-refractivity contribution in [2.24, 2.45) is 0 Å². The van der Waals surface area contributed by atoms with Crippen LogP contribution in [0.2, 0.25) is 0 Å². The lowest BCUT2D eigenvalue weighted by atomic mass is 10.1. The highest BCUT2D eigenvalue weighted by Crippen LogP contribution is 2.27. The van der Waals surface area contributed by atoms with Gasteiger partial charge < -0.3 is 9.15 Å². The van der Waals surface area contributed by atoms with Crippen LogP contribution < -0.4 is 4.90 Å². The second kappa shape index (κ2) is 5.73. The number of hydrogen-bond donors (Lipinski definition) is 0. The molecule has 3 rings (SSSR count). The molecule has 1 saturated heterocycles. The first kappa shape index (κ1) is 13.9. The van der Waals surface area contributed by atoms with E-state index in [0.717, 1.165) is 4.47 Å². The van der Waals surface area contributed by atoms with E-state index in [0.29, 0.717) is 18.7 Å². The number of furan rings is 1. The van der Waals surface area contributed by atoms with Gasteiger partial charge in [0.25, 0.3) is 5.91 Å². The molecule has 0 bridgehead atoms. The molecule has 108 valence electrons. The van der Waals surface area contributed by atoms with E-state index in [-0.39, 0.29) is 11.7 Å². The largest absolute Gasteiger partial charge is 0.464 e. The zero-order valence-electron chi connectivity index (χ0n) is 11.0. The third-order valence-corrected chi connectivity index (χ3v) is 3.75. The number of hydrogen-bond acceptors (Lipinski definition) is 4. The van der Waals surface area contributed by atoms with Crippen molar-refractivity contribution in [3.8, 4) is 0 Å². The van der Waals surface area contributed by atoms with E-state index >= 15 is 0 Å². The normalized spacial score (nSPS) is 17.6. The lowest BCUT2D eigenvalue weighted by Gasteiger charge is -2.25. The standard InChI is InChI=1S/C15H12BrNO4/c16-10-3-1-4-11(9-10)17(12-6-8-21-15(12)19)14(18)13-5-2-7-20-13/h1-5,7,9,12H,6,8H2. The minimum absolute atomic E-state index is 0.190. The number of anilines is 1. The van der Waals surface area contributed by atoms with Crippen molar-refractivity contribution in [2.75, 3.05) is 11.5 Å². The summed E-state index contributed by atoms with van der Waals surface area (Å²) in [6, 6.07) is 9.81. The summed E-state index contributed by atoms with van der Waals surface area (Å²) in [5.74, 6) is -0.563. The average Bonchev–Trinajstić information content (AvgIpc) is 3.11. The number of nitrogens with zero attached hydrogens (tertiary/aromatic N) is 1. The Morgan fingerprint density at radius 3 is 2.76 bits per heavy atom. The Labute approximate surface area is 129 Å². The van der Waals surface area contributed by atoms with Crippen molar-refractivity contribution in [3.05, 3.63) is 52.9 Å². The van der Waals surface area contributed by atoms with Crippen LogP contribution in [0.15, 0.2) is 51.6 Å². The molecule has 0 spiro atoms. The van der Waals surface area contributed by atoms with Crippen LogP contribution >= 0.6 is 15.9 Å². The van der Waals surface area contributed by atoms with Crippen LogP contribution in [-0.4, -0.2) is 24.5 Å². The predicted octanol–water partition coefficient (Wildman–Crippen LogP) is 3.00. The first-order valence-electron chi connectivity index (χ1n) is 6.46. The minimum Gasteiger partial charge on any atom is -0.464 e. The summed E-state index contributed by atoms with van der Waals surface area (Å²) in [6.07, 6.45) is 1.90. The molecule has 0 N–H and O–H groups in total. The van der Waals surface area contributed by atoms with Gasteiger partial charge in [-0.2, -0.15) is 0 Å². The predicted molar refractivity (Wildman–Crippen MR) is 79.0 cm³/mol. The van der Waals surface area contributed by atoms with Crippen molar-refractivity contribution in [3.63, 3.8) is 0 Å². The van der Waals surface area contributed by atoms with Crippen LogP contribution in [0.1, 0.15) is 17.0 Å². The van der Waals surface area contributed by atoms with E-state index in [2.05, 4.69) is 15.9 Å². The first-order chi connectivity index (χ1) is 10.2. The van der Waals surface area contributed by atoms with Crippen LogP contribution in [0.25, 0.3) is 0 Å². The van der Waals surface area contributed by atoms with Gasteiger partial charge in [0.1, 0.15) is 6.04 Å². The van der Waals surface area contributed by atoms with Crippen molar-refractivity contribution in [1.29, 1.82) is 0 Å². The van der Waals surface area contributed by atoms with Gasteiger partial charge in [0.2, 0.25) is 0 Å². The molecule has 2 aromatic rings. The number of benzene rings is 1. The van der Waals surface area contributed by atoms with Crippen molar-refractivity contribution < 1.29 is 18.7 Å². The highest BCUT2D eigenvalue weighted by Gasteiger charge is 2.37. The average molecular weight is 350 g/mol. The maximum absolute atomic E-state index is 12.7. The number of amides is 1. The Morgan fingerprint density at radius 2 is 2.14 bits per heavy atom. The molecule has 1 aromatic heterocycles. The second-order valence-corrected chi connectivity index (χ2v) is 5.52. The fourth-order valence-electron chi connectivity index (χ4n) is 2.30. The maximum atomic E-state index is 12.7. The Morgan fingerprint density at radius 1 is 1.29 bits per heavy atom. The molecular weight excluding hydrogens is 338 g/mol. The molecule has 1 unspecified atom stereocenters. The molecule has 1 amide bonds. The number of cyclic esters (lactones) is 1. The molecule has 1 aromatic carbocycles. The summed E-state index contributed by atoms with van der Waals surface area (Å²) in [7, 11) is 0. The Bertz CT molecular complexity index is 668. The van der Waals surface area contributed by atoms with Gasteiger partial charge in [0, 0.05) is 16.6 Å². The van der Waals surface area contributed by atoms with Gasteiger partial charge >= 0.3 is 5.97 Å². The molecule has 6 heteroatoms. The molecule has 5 nitrogen and oxygen atoms in total. The molecule has 2 heterocycles. The Hall–Kier alpha value is -2.08. The molecule has 0 aliphatic carbocycles. The summed E-state index contributed by atoms with van der Waals surface area (Å²) in [5.41, 5.74) is 0.620. The Kier molecular flexibility index (Phi) is 3.79. The van der Waals surface area contributed by atoms with E-state index in [1.807, 2.05) is 12.1 Å². The Balaban J connectivity index is 2.02. The van der Waals surface area contributed by atoms with Gasteiger partial charge in [0.15, 0.2) is 5.76 Å². The van der Waals surface area contributed by atoms with E-state index in [9.17, 15) is 9.59 Å². The monoisotopic (exact) mass is 349 g/mol. The van der Waals surface area contributed by atoms with Crippen molar-refractivity contribution in [1.82, 2.24) is 0 Å². The smallest absolute Gasteiger partial charge is 0.329 e. The van der Waals surface area contributed by atoms with E-state index in [1.54, 1.807) is 24.3 Å². The van der Waals surface area contributed by atoms with Crippen LogP contribution in [0, 0.1) is 0 Å². The van der Waals surface area contributed by atoms with E-state index in [4.69, 9.17) is 9.15 Å². The summed E-state index contributed by atoms with van der Waals surface area (Å²) < 4.78 is 11.0. The molecule has 1 fully saturated rings. The van der Waals surface area contributed by atoms with Crippen LogP contribution in [0.3, 0.4) is 0 Å². The fourth-order valence-corrected chi connectivity index (χ4v) is 2.69. The third kappa shape index (κ3) is 2.71. The summed E-state index contributed by atoms with van der Waals surface area (Å²) in [4.78, 5) is 26.0. The molecule has 0 radical (unpaired) electrons. The SMILES string of the molecule is O=C1OCCC1N(C(=O)c1ccco1)c1cccc(Br)c1. The van der Waals surface area contributed by atoms with Gasteiger partial charge in [0.05, 0.1) is 12.9 Å². The summed E-state index contributed by atoms with van der Waals surface area (Å²) in [6.45, 7) is 0.319. The van der Waals surface area contributed by atoms with Gasteiger partial charge in [-0.25, -0.2) is 4.79 Å². The minimum atomic E-state index is -0.628. The number of esters is 1. The topological polar surface area (TPSA) is 59.8 Å². The molecule has 1 atom stereocenters. The van der Waals surface area contributed by atoms with Crippen LogP contribution in [0.4, 0.5) is 5.69 Å². The molecule has 1 aliphatic heterocycles. The van der Waals surface area contributed by atoms with Crippen molar-refractivity contribution in [2.45, 2.75) is 12.5 Å². The zero-order valence-corrected chi connectivity index (χ0v) is 12.6. The lowest BCUT2D eigenvalue weighted by Crippen LogP contribution is -2.43. The zero-order chi connectivity index (χ0) is 14.8. The number of rotatable bonds is 3. The van der Waals surface area contributed by atoms with Crippen LogP contribution in [0.5, 0.6) is 0 Å². The maximum Gasteiger partial charge on any atom is 0.329 e. The third-order valence-electron chi connectivity index (χ3n) is 3.26. The van der Waals surface area contributed by atoms with Crippen molar-refractivity contribution >= 4 is 33.5 Å². The van der Waals surface area contributed by atoms with E-state index < -0.39 is 12.0 Å². The van der Waals surface area contributed by atoms with Gasteiger partial charge in [-0.15, -0.1) is 0 Å². The molecule has 1 aliphatic rings. The highest BCUT2D eigenvalue weighted by molar-refractivity contribution is 9.10. The molecular formula is C15H12BrNO4. The lowest BCUT2D eigenvalue weighted by molar-refractivity contribution is -0.139. The number of carbonyl (C=O) groups excluding carboxylic acids is 2. The second-order valence-electron chi connectivity index (χ2n) is 4.60. The molecule has 0 saturated carbocycles. The number of halogens is 1. The fraction of sp³-hybridized carbons (Fsp3) is 0.200. The number of ether oxygens (including phenoxy) is 1. The quantitative estimate of drug-likeness (QED) is 0.799. The summed E-state index contributed by atoms with van der Waals surface area (Å²) >= 11 is 3.37. The van der Waals surface area contributed by atoms with Gasteiger partial charge in [-0.05, 0) is 30.3 Å². The molecule has 21 heavy (non-hydrogen) atoms. The first-order valence-corrected chi connectivity index (χ1v) is 7.25. The van der Waals surface area contributed by atoms with Gasteiger partial charge in [-0.1, -0.05) is 22.0 Å². The van der Waals surface area contributed by atoms with Gasteiger partial charge in [-0.3, -0.25) is 9.69 Å². The highest BCUT2D eigenvalue weighted by atomic mass is 79.9. The van der Waals surface area contributed by atoms with Crippen LogP contribution in [-0.2, 0) is 9.53 Å². The van der Waals surface area contributed by atoms with E-state index in [1.165, 1.54) is 11.2 Å². The summed E-state index contributed by atoms with van der Waals surface area (Å²) in [5, 5.41) is 0. The number of carbonyl (C=O) groups is 2.